The van der Waals surface area contributed by atoms with E-state index in [9.17, 15) is 18.3 Å². The Balaban J connectivity index is 2.70. The lowest BCUT2D eigenvalue weighted by molar-refractivity contribution is -0.140. The molecule has 0 heterocycles. The molecule has 1 aromatic rings. The van der Waals surface area contributed by atoms with Gasteiger partial charge in [0, 0.05) is 10.9 Å². The molecule has 0 radical (unpaired) electrons. The summed E-state index contributed by atoms with van der Waals surface area (Å²) in [5, 5.41) is 9.64. The van der Waals surface area contributed by atoms with E-state index < -0.39 is 18.7 Å². The molecule has 0 bridgehead atoms. The van der Waals surface area contributed by atoms with Crippen molar-refractivity contribution in [2.45, 2.75) is 32.0 Å². The quantitative estimate of drug-likeness (QED) is 0.889. The third kappa shape index (κ3) is 4.14. The zero-order chi connectivity index (χ0) is 12.3. The van der Waals surface area contributed by atoms with Crippen molar-refractivity contribution in [3.63, 3.8) is 0 Å². The molecule has 0 spiro atoms. The molecule has 0 aliphatic rings. The fourth-order valence-corrected chi connectivity index (χ4v) is 1.94. The highest BCUT2D eigenvalue weighted by molar-refractivity contribution is 9.10. The van der Waals surface area contributed by atoms with E-state index in [1.807, 2.05) is 0 Å². The Bertz CT molecular complexity index is 363. The summed E-state index contributed by atoms with van der Waals surface area (Å²) in [7, 11) is 0. The van der Waals surface area contributed by atoms with E-state index >= 15 is 0 Å². The smallest absolute Gasteiger partial charge is 0.388 e. The molecule has 1 nitrogen and oxygen atoms in total. The van der Waals surface area contributed by atoms with Crippen LogP contribution < -0.4 is 0 Å². The van der Waals surface area contributed by atoms with E-state index in [4.69, 9.17) is 0 Å². The van der Waals surface area contributed by atoms with Gasteiger partial charge in [-0.2, -0.15) is 13.2 Å². The lowest BCUT2D eigenvalue weighted by Gasteiger charge is -2.15. The van der Waals surface area contributed by atoms with Crippen molar-refractivity contribution >= 4 is 15.9 Å². The number of halogens is 4. The second-order valence-corrected chi connectivity index (χ2v) is 4.59. The van der Waals surface area contributed by atoms with Crippen LogP contribution in [0.25, 0.3) is 0 Å². The first-order valence-corrected chi connectivity index (χ1v) is 5.60. The third-order valence-electron chi connectivity index (χ3n) is 2.29. The third-order valence-corrected chi connectivity index (χ3v) is 2.79. The van der Waals surface area contributed by atoms with Crippen molar-refractivity contribution in [3.05, 3.63) is 33.8 Å². The van der Waals surface area contributed by atoms with Gasteiger partial charge in [0.05, 0.1) is 6.10 Å². The van der Waals surface area contributed by atoms with Crippen LogP contribution >= 0.6 is 15.9 Å². The molecule has 0 fully saturated rings. The van der Waals surface area contributed by atoms with Crippen molar-refractivity contribution in [2.24, 2.45) is 0 Å². The van der Waals surface area contributed by atoms with E-state index in [-0.39, 0.29) is 6.42 Å². The molecule has 0 amide bonds. The van der Waals surface area contributed by atoms with Crippen LogP contribution in [-0.4, -0.2) is 11.3 Å². The van der Waals surface area contributed by atoms with Gasteiger partial charge < -0.3 is 5.11 Å². The van der Waals surface area contributed by atoms with Crippen LogP contribution in [-0.2, 0) is 0 Å². The maximum absolute atomic E-state index is 12.0. The number of hydrogen-bond acceptors (Lipinski definition) is 1. The van der Waals surface area contributed by atoms with E-state index in [1.165, 1.54) is 0 Å². The highest BCUT2D eigenvalue weighted by Crippen LogP contribution is 2.29. The van der Waals surface area contributed by atoms with Crippen LogP contribution in [0.2, 0.25) is 0 Å². The fourth-order valence-electron chi connectivity index (χ4n) is 1.47. The van der Waals surface area contributed by atoms with Crippen LogP contribution in [0.3, 0.4) is 0 Å². The molecule has 0 aliphatic carbocycles. The van der Waals surface area contributed by atoms with Gasteiger partial charge in [0.2, 0.25) is 0 Å². The summed E-state index contributed by atoms with van der Waals surface area (Å²) >= 11 is 3.25. The van der Waals surface area contributed by atoms with Crippen molar-refractivity contribution in [1.29, 1.82) is 0 Å². The molecule has 1 atom stereocenters. The van der Waals surface area contributed by atoms with Gasteiger partial charge in [-0.05, 0) is 36.6 Å². The van der Waals surface area contributed by atoms with E-state index in [0.29, 0.717) is 5.56 Å². The first-order valence-electron chi connectivity index (χ1n) is 4.80. The predicted octanol–water partition coefficient (Wildman–Crippen LogP) is 4.13. The van der Waals surface area contributed by atoms with E-state index in [1.54, 1.807) is 25.1 Å². The average molecular weight is 297 g/mol. The van der Waals surface area contributed by atoms with Gasteiger partial charge in [-0.15, -0.1) is 0 Å². The zero-order valence-corrected chi connectivity index (χ0v) is 10.3. The van der Waals surface area contributed by atoms with Gasteiger partial charge in [-0.1, -0.05) is 22.0 Å². The van der Waals surface area contributed by atoms with Gasteiger partial charge in [0.25, 0.3) is 0 Å². The Kier molecular flexibility index (Phi) is 4.38. The Morgan fingerprint density at radius 3 is 2.50 bits per heavy atom. The van der Waals surface area contributed by atoms with Crippen molar-refractivity contribution in [2.75, 3.05) is 0 Å². The number of rotatable bonds is 3. The summed E-state index contributed by atoms with van der Waals surface area (Å²) < 4.78 is 36.8. The highest BCUT2D eigenvalue weighted by Gasteiger charge is 2.28. The normalized spacial score (nSPS) is 13.9. The number of alkyl halides is 3. The molecular formula is C11H12BrF3O. The second kappa shape index (κ2) is 5.19. The molecular weight excluding hydrogens is 285 g/mol. The average Bonchev–Trinajstić information content (AvgIpc) is 2.13. The molecule has 0 aromatic heterocycles. The molecule has 90 valence electrons. The van der Waals surface area contributed by atoms with Crippen LogP contribution in [0.15, 0.2) is 22.7 Å². The lowest BCUT2D eigenvalue weighted by Crippen LogP contribution is -2.10. The first-order chi connectivity index (χ1) is 7.29. The van der Waals surface area contributed by atoms with Gasteiger partial charge in [0.1, 0.15) is 0 Å². The Morgan fingerprint density at radius 1 is 1.38 bits per heavy atom. The minimum absolute atomic E-state index is 0.300. The molecule has 0 aliphatic heterocycles. The monoisotopic (exact) mass is 296 g/mol. The van der Waals surface area contributed by atoms with Crippen LogP contribution in [0.1, 0.15) is 30.1 Å². The Hall–Kier alpha value is -0.550. The Labute approximate surface area is 100 Å². The lowest BCUT2D eigenvalue weighted by atomic mass is 10.00. The largest absolute Gasteiger partial charge is 0.389 e. The topological polar surface area (TPSA) is 20.2 Å². The van der Waals surface area contributed by atoms with Crippen molar-refractivity contribution < 1.29 is 18.3 Å². The first kappa shape index (κ1) is 13.5. The van der Waals surface area contributed by atoms with Gasteiger partial charge in [0.15, 0.2) is 0 Å². The van der Waals surface area contributed by atoms with Crippen LogP contribution in [0.5, 0.6) is 0 Å². The maximum atomic E-state index is 12.0. The minimum Gasteiger partial charge on any atom is -0.388 e. The second-order valence-electron chi connectivity index (χ2n) is 3.67. The number of hydrogen-bond donors (Lipinski definition) is 1. The molecule has 5 heteroatoms. The zero-order valence-electron chi connectivity index (χ0n) is 8.68. The Morgan fingerprint density at radius 2 is 2.00 bits per heavy atom. The maximum Gasteiger partial charge on any atom is 0.389 e. The van der Waals surface area contributed by atoms with Gasteiger partial charge in [-0.25, -0.2) is 0 Å². The summed E-state index contributed by atoms with van der Waals surface area (Å²) in [5.41, 5.74) is 1.33. The van der Waals surface area contributed by atoms with Crippen LogP contribution in [0, 0.1) is 6.92 Å². The molecule has 16 heavy (non-hydrogen) atoms. The molecule has 1 unspecified atom stereocenters. The highest BCUT2D eigenvalue weighted by atomic mass is 79.9. The molecule has 1 N–H and O–H groups in total. The summed E-state index contributed by atoms with van der Waals surface area (Å²) in [4.78, 5) is 0. The molecule has 1 aromatic carbocycles. The number of aliphatic hydroxyl groups excluding tert-OH is 1. The standard InChI is InChI=1S/C11H12BrF3O/c1-7-6-8(12)2-3-9(7)10(16)4-5-11(13,14)15/h2-3,6,10,16H,4-5H2,1H3. The fraction of sp³-hybridized carbons (Fsp3) is 0.455. The molecule has 0 saturated heterocycles. The van der Waals surface area contributed by atoms with Crippen LogP contribution in [0.4, 0.5) is 13.2 Å². The number of aliphatic hydroxyl groups is 1. The number of benzene rings is 1. The summed E-state index contributed by atoms with van der Waals surface area (Å²) in [6, 6.07) is 5.12. The van der Waals surface area contributed by atoms with Crippen molar-refractivity contribution in [1.82, 2.24) is 0 Å². The number of aryl methyl sites for hydroxylation is 1. The minimum atomic E-state index is -4.22. The van der Waals surface area contributed by atoms with E-state index in [2.05, 4.69) is 15.9 Å². The summed E-state index contributed by atoms with van der Waals surface area (Å²) in [6.45, 7) is 1.76. The molecule has 1 rings (SSSR count). The van der Waals surface area contributed by atoms with Gasteiger partial charge in [-0.3, -0.25) is 0 Å². The summed E-state index contributed by atoms with van der Waals surface area (Å²) in [6.07, 6.45) is -6.55. The van der Waals surface area contributed by atoms with Crippen molar-refractivity contribution in [3.8, 4) is 0 Å². The van der Waals surface area contributed by atoms with E-state index in [0.717, 1.165) is 10.0 Å². The SMILES string of the molecule is Cc1cc(Br)ccc1C(O)CCC(F)(F)F. The predicted molar refractivity (Wildman–Crippen MR) is 59.1 cm³/mol. The summed E-state index contributed by atoms with van der Waals surface area (Å²) in [5.74, 6) is 0. The molecule has 0 saturated carbocycles. The van der Waals surface area contributed by atoms with Gasteiger partial charge >= 0.3 is 6.18 Å².